The number of amides is 2. The molecule has 0 saturated heterocycles. The molecule has 15 nitrogen and oxygen atoms in total. The lowest BCUT2D eigenvalue weighted by Crippen LogP contribution is -2.50. The summed E-state index contributed by atoms with van der Waals surface area (Å²) in [5, 5.41) is 29.0. The van der Waals surface area contributed by atoms with Crippen molar-refractivity contribution in [2.45, 2.75) is 69.8 Å². The highest BCUT2D eigenvalue weighted by Crippen LogP contribution is 2.37. The Bertz CT molecular complexity index is 2360. The van der Waals surface area contributed by atoms with Gasteiger partial charge in [0, 0.05) is 20.6 Å². The van der Waals surface area contributed by atoms with Gasteiger partial charge in [0.1, 0.15) is 35.9 Å². The smallest absolute Gasteiger partial charge is 0.408 e. The number of benzene rings is 5. The highest BCUT2D eigenvalue weighted by atomic mass is 28.3. The summed E-state index contributed by atoms with van der Waals surface area (Å²) in [6.07, 6.45) is -0.903. The summed E-state index contributed by atoms with van der Waals surface area (Å²) in [4.78, 5) is 55.0. The maximum absolute atomic E-state index is 14.2. The normalized spacial score (nSPS) is 13.0. The maximum Gasteiger partial charge on any atom is 0.408 e. The van der Waals surface area contributed by atoms with Crippen molar-refractivity contribution >= 4 is 32.0 Å². The van der Waals surface area contributed by atoms with Gasteiger partial charge in [-0.25, -0.2) is 14.4 Å². The molecule has 5 rings (SSSR count). The number of esters is 2. The minimum Gasteiger partial charge on any atom is -0.508 e. The second-order valence-corrected chi connectivity index (χ2v) is 22.1. The van der Waals surface area contributed by atoms with E-state index in [-0.39, 0.29) is 61.4 Å². The number of nitrogens with one attached hydrogen (secondary N) is 3. The molecule has 16 heteroatoms. The fourth-order valence-corrected chi connectivity index (χ4v) is 7.44. The first kappa shape index (κ1) is 50.1. The molecule has 0 aliphatic carbocycles. The van der Waals surface area contributed by atoms with Gasteiger partial charge in [0.25, 0.3) is 0 Å². The van der Waals surface area contributed by atoms with Crippen LogP contribution in [0.1, 0.15) is 52.9 Å². The quantitative estimate of drug-likeness (QED) is 0.0243. The van der Waals surface area contributed by atoms with E-state index < -0.39 is 56.2 Å². The van der Waals surface area contributed by atoms with E-state index >= 15 is 0 Å². The van der Waals surface area contributed by atoms with Crippen LogP contribution >= 0.6 is 0 Å². The van der Waals surface area contributed by atoms with E-state index in [1.807, 2.05) is 36.4 Å². The average Bonchev–Trinajstić information content (AvgIpc) is 3.31. The zero-order chi connectivity index (χ0) is 47.6. The molecule has 0 bridgehead atoms. The first-order valence-corrected chi connectivity index (χ1v) is 25.3. The third-order valence-corrected chi connectivity index (χ3v) is 12.0. The third kappa shape index (κ3) is 15.1. The Morgan fingerprint density at radius 1 is 0.652 bits per heavy atom. The number of carbonyl (C=O) groups is 4. The third-order valence-electron chi connectivity index (χ3n) is 10.3. The Labute approximate surface area is 386 Å². The summed E-state index contributed by atoms with van der Waals surface area (Å²) in [6.45, 7) is 8.05. The van der Waals surface area contributed by atoms with E-state index in [9.17, 15) is 29.4 Å². The van der Waals surface area contributed by atoms with Gasteiger partial charge in [0.15, 0.2) is 17.5 Å². The van der Waals surface area contributed by atoms with Gasteiger partial charge in [-0.1, -0.05) is 98.5 Å². The molecule has 5 aromatic rings. The summed E-state index contributed by atoms with van der Waals surface area (Å²) in [7, 11) is 1.34. The molecule has 0 radical (unpaired) electrons. The number of phenols is 1. The fraction of sp³-hybridized carbons (Fsp3) is 0.320. The molecule has 66 heavy (non-hydrogen) atoms. The topological polar surface area (TPSA) is 200 Å². The first-order chi connectivity index (χ1) is 31.7. The number of aromatic hydroxyl groups is 1. The largest absolute Gasteiger partial charge is 0.508 e. The lowest BCUT2D eigenvalue weighted by molar-refractivity contribution is -0.148. The van der Waals surface area contributed by atoms with Crippen LogP contribution in [-0.2, 0) is 41.6 Å². The molecule has 350 valence electrons. The number of hydrogen-bond acceptors (Lipinski definition) is 13. The molecule has 0 aliphatic heterocycles. The van der Waals surface area contributed by atoms with Gasteiger partial charge in [-0.2, -0.15) is 0 Å². The molecule has 0 aromatic heterocycles. The van der Waals surface area contributed by atoms with Gasteiger partial charge >= 0.3 is 18.0 Å². The lowest BCUT2D eigenvalue weighted by atomic mass is 10.0. The van der Waals surface area contributed by atoms with Crippen LogP contribution < -0.4 is 30.2 Å². The molecule has 0 heterocycles. The number of phenolic OH excluding ortho intramolecular Hbond substituents is 1. The predicted octanol–water partition coefficient (Wildman–Crippen LogP) is 7.71. The van der Waals surface area contributed by atoms with Gasteiger partial charge in [-0.3, -0.25) is 10.1 Å². The van der Waals surface area contributed by atoms with Crippen LogP contribution in [0.3, 0.4) is 0 Å². The fourth-order valence-electron chi connectivity index (χ4n) is 6.73. The van der Waals surface area contributed by atoms with Crippen molar-refractivity contribution in [2.24, 2.45) is 0 Å². The number of methoxy groups -OCH3 is 2. The summed E-state index contributed by atoms with van der Waals surface area (Å²) in [5.41, 5.74) is 2.76. The van der Waals surface area contributed by atoms with Crippen molar-refractivity contribution in [2.75, 3.05) is 34.0 Å². The number of aliphatic hydroxyl groups excluding tert-OH is 1. The minimum absolute atomic E-state index is 0.0132. The van der Waals surface area contributed by atoms with Crippen molar-refractivity contribution in [1.29, 1.82) is 0 Å². The van der Waals surface area contributed by atoms with Crippen LogP contribution in [0.5, 0.6) is 28.7 Å². The van der Waals surface area contributed by atoms with Crippen LogP contribution in [0, 0.1) is 0 Å². The summed E-state index contributed by atoms with van der Waals surface area (Å²) in [5.74, 6) is -1.19. The van der Waals surface area contributed by atoms with E-state index in [1.54, 1.807) is 67.6 Å². The number of hydrogen-bond donors (Lipinski definition) is 5. The van der Waals surface area contributed by atoms with Crippen molar-refractivity contribution in [3.8, 4) is 28.7 Å². The van der Waals surface area contributed by atoms with E-state index in [0.717, 1.165) is 17.2 Å². The number of rotatable bonds is 23. The van der Waals surface area contributed by atoms with Crippen LogP contribution in [0.15, 0.2) is 121 Å². The van der Waals surface area contributed by atoms with E-state index in [4.69, 9.17) is 28.4 Å². The lowest BCUT2D eigenvalue weighted by Gasteiger charge is -2.25. The van der Waals surface area contributed by atoms with Gasteiger partial charge in [-0.05, 0) is 77.2 Å². The highest BCUT2D eigenvalue weighted by molar-refractivity contribution is 6.76. The van der Waals surface area contributed by atoms with Crippen LogP contribution in [0.2, 0.25) is 25.7 Å². The number of ether oxygens (including phenoxy) is 6. The zero-order valence-electron chi connectivity index (χ0n) is 38.1. The standard InChI is InChI=1S/C50H59N3O12Si/c1-7-62-48(57)46(53-47(56)41(26-33-18-21-38(55)22-19-33)52-50(59)64-32-34-14-10-8-11-15-34)37-27-39(60-2)30-40(28-37)65-44-29-36(20-23-43(44)61-3)45(49(58)63-24-25-66(4,5)6)51-42(31-54)35-16-12-9-13-17-35/h8-23,27-30,41-42,45-46,51,54-55H,7,24-26,31-32H2,1-6H3,(H,52,59)(H,53,56)/t41-,42-,45-,46+/m1/s1. The minimum atomic E-state index is -1.55. The van der Waals surface area contributed by atoms with E-state index in [1.165, 1.54) is 38.5 Å². The van der Waals surface area contributed by atoms with E-state index in [0.29, 0.717) is 16.9 Å². The van der Waals surface area contributed by atoms with E-state index in [2.05, 4.69) is 35.6 Å². The summed E-state index contributed by atoms with van der Waals surface area (Å²) < 4.78 is 34.5. The Balaban J connectivity index is 1.47. The Kier molecular flexibility index (Phi) is 18.5. The predicted molar refractivity (Wildman–Crippen MR) is 250 cm³/mol. The van der Waals surface area contributed by atoms with Crippen molar-refractivity contribution in [3.63, 3.8) is 0 Å². The number of alkyl carbamates (subject to hydrolysis) is 1. The molecule has 4 atom stereocenters. The molecule has 5 aromatic carbocycles. The first-order valence-electron chi connectivity index (χ1n) is 21.6. The second kappa shape index (κ2) is 24.4. The van der Waals surface area contributed by atoms with Gasteiger partial charge in [-0.15, -0.1) is 0 Å². The monoisotopic (exact) mass is 921 g/mol. The number of carbonyl (C=O) groups excluding carboxylic acids is 4. The molecule has 2 amide bonds. The SMILES string of the molecule is CCOC(=O)[C@@H](NC(=O)[C@@H](Cc1ccc(O)cc1)NC(=O)OCc1ccccc1)c1cc(OC)cc(Oc2cc([C@@H](N[C@H](CO)c3ccccc3)C(=O)OCC[Si](C)(C)C)ccc2OC)c1. The van der Waals surface area contributed by atoms with Gasteiger partial charge in [0.2, 0.25) is 5.91 Å². The molecule has 0 fully saturated rings. The van der Waals surface area contributed by atoms with Crippen LogP contribution in [0.4, 0.5) is 4.79 Å². The maximum atomic E-state index is 14.2. The molecule has 0 spiro atoms. The average molecular weight is 922 g/mol. The van der Waals surface area contributed by atoms with Crippen LogP contribution in [-0.4, -0.2) is 82.3 Å². The van der Waals surface area contributed by atoms with Gasteiger partial charge < -0.3 is 49.3 Å². The molecule has 0 saturated carbocycles. The zero-order valence-corrected chi connectivity index (χ0v) is 39.1. The summed E-state index contributed by atoms with van der Waals surface area (Å²) >= 11 is 0. The summed E-state index contributed by atoms with van der Waals surface area (Å²) in [6, 6.07) is 30.4. The van der Waals surface area contributed by atoms with Crippen molar-refractivity contribution in [3.05, 3.63) is 149 Å². The Hall–Kier alpha value is -6.88. The second-order valence-electron chi connectivity index (χ2n) is 16.5. The Morgan fingerprint density at radius 3 is 1.95 bits per heavy atom. The number of aliphatic hydroxyl groups is 1. The van der Waals surface area contributed by atoms with Crippen molar-refractivity contribution in [1.82, 2.24) is 16.0 Å². The molecule has 5 N–H and O–H groups in total. The highest BCUT2D eigenvalue weighted by Gasteiger charge is 2.32. The molecule has 0 unspecified atom stereocenters. The molecular formula is C50H59N3O12Si. The van der Waals surface area contributed by atoms with Crippen LogP contribution in [0.25, 0.3) is 0 Å². The molecular weight excluding hydrogens is 863 g/mol. The molecule has 0 aliphatic rings. The van der Waals surface area contributed by atoms with Gasteiger partial charge in [0.05, 0.1) is 40.1 Å². The van der Waals surface area contributed by atoms with Crippen molar-refractivity contribution < 1.29 is 57.8 Å². The Morgan fingerprint density at radius 2 is 1.32 bits per heavy atom.